The molecular weight excluding hydrogens is 433 g/mol. The summed E-state index contributed by atoms with van der Waals surface area (Å²) in [6, 6.07) is 0. The van der Waals surface area contributed by atoms with Crippen LogP contribution in [0, 0.1) is 11.8 Å². The summed E-state index contributed by atoms with van der Waals surface area (Å²) in [4.78, 5) is 30.3. The maximum atomic E-state index is 13.5. The molecule has 0 saturated heterocycles. The van der Waals surface area contributed by atoms with E-state index in [0.717, 1.165) is 4.88 Å². The fourth-order valence-electron chi connectivity index (χ4n) is 4.51. The first-order valence-corrected chi connectivity index (χ1v) is 11.1. The van der Waals surface area contributed by atoms with Crippen LogP contribution in [0.1, 0.15) is 53.9 Å². The van der Waals surface area contributed by atoms with E-state index in [-0.39, 0.29) is 49.4 Å². The van der Waals surface area contributed by atoms with Gasteiger partial charge in [0.2, 0.25) is 5.91 Å². The number of amides is 1. The Morgan fingerprint density at radius 2 is 1.97 bits per heavy atom. The molecular formula is C20H23F3N4O3S. The van der Waals surface area contributed by atoms with E-state index in [1.54, 1.807) is 16.6 Å². The number of hydrogen-bond donors (Lipinski definition) is 1. The fourth-order valence-corrected chi connectivity index (χ4v) is 5.08. The number of halogens is 3. The maximum Gasteiger partial charge on any atom is 0.435 e. The number of carboxylic acid groups (broad SMARTS) is 1. The van der Waals surface area contributed by atoms with Gasteiger partial charge in [-0.3, -0.25) is 19.3 Å². The molecule has 0 spiro atoms. The second kappa shape index (κ2) is 8.60. The van der Waals surface area contributed by atoms with Crippen molar-refractivity contribution in [2.24, 2.45) is 11.8 Å². The predicted molar refractivity (Wildman–Crippen MR) is 105 cm³/mol. The Balaban J connectivity index is 1.47. The number of carboxylic acids is 1. The minimum absolute atomic E-state index is 0.0940. The Morgan fingerprint density at radius 3 is 2.58 bits per heavy atom. The van der Waals surface area contributed by atoms with Crippen molar-refractivity contribution < 1.29 is 27.9 Å². The second-order valence-corrected chi connectivity index (χ2v) is 9.19. The maximum absolute atomic E-state index is 13.5. The summed E-state index contributed by atoms with van der Waals surface area (Å²) in [7, 11) is 0. The molecule has 2 aliphatic rings. The van der Waals surface area contributed by atoms with Crippen LogP contribution in [0.3, 0.4) is 0 Å². The van der Waals surface area contributed by atoms with Crippen LogP contribution in [0.5, 0.6) is 0 Å². The van der Waals surface area contributed by atoms with Gasteiger partial charge in [0.15, 0.2) is 5.69 Å². The summed E-state index contributed by atoms with van der Waals surface area (Å²) in [5.41, 5.74) is 1.34. The zero-order chi connectivity index (χ0) is 22.2. The molecule has 2 aromatic rings. The van der Waals surface area contributed by atoms with E-state index in [2.05, 4.69) is 10.1 Å². The van der Waals surface area contributed by atoms with Crippen LogP contribution in [0.2, 0.25) is 0 Å². The molecule has 2 aromatic heterocycles. The third-order valence-corrected chi connectivity index (χ3v) is 6.97. The monoisotopic (exact) mass is 456 g/mol. The largest absolute Gasteiger partial charge is 0.481 e. The number of nitrogens with zero attached hydrogens (tertiary/aromatic N) is 4. The lowest BCUT2D eigenvalue weighted by atomic mass is 9.80. The molecule has 1 saturated carbocycles. The molecule has 3 heterocycles. The number of rotatable bonds is 5. The fraction of sp³-hybridized carbons (Fsp3) is 0.600. The Hall–Kier alpha value is -2.43. The minimum Gasteiger partial charge on any atom is -0.481 e. The number of aromatic nitrogens is 3. The summed E-state index contributed by atoms with van der Waals surface area (Å²) in [5.74, 6) is -1.10. The van der Waals surface area contributed by atoms with Gasteiger partial charge in [0.05, 0.1) is 30.2 Å². The van der Waals surface area contributed by atoms with Crippen molar-refractivity contribution >= 4 is 23.2 Å². The van der Waals surface area contributed by atoms with E-state index >= 15 is 0 Å². The van der Waals surface area contributed by atoms with E-state index in [9.17, 15) is 22.8 Å². The van der Waals surface area contributed by atoms with Crippen molar-refractivity contribution in [1.29, 1.82) is 0 Å². The number of thiazole rings is 1. The Morgan fingerprint density at radius 1 is 1.23 bits per heavy atom. The van der Waals surface area contributed by atoms with E-state index in [1.807, 2.05) is 0 Å². The highest BCUT2D eigenvalue weighted by Crippen LogP contribution is 2.36. The molecule has 11 heteroatoms. The molecule has 31 heavy (non-hydrogen) atoms. The van der Waals surface area contributed by atoms with Gasteiger partial charge in [-0.2, -0.15) is 18.3 Å². The molecule has 0 unspecified atom stereocenters. The van der Waals surface area contributed by atoms with E-state index < -0.39 is 17.8 Å². The summed E-state index contributed by atoms with van der Waals surface area (Å²) < 4.78 is 41.9. The van der Waals surface area contributed by atoms with Gasteiger partial charge in [0.1, 0.15) is 0 Å². The molecule has 168 valence electrons. The molecule has 1 amide bonds. The molecule has 0 bridgehead atoms. The van der Waals surface area contributed by atoms with Gasteiger partial charge in [0, 0.05) is 29.6 Å². The lowest BCUT2D eigenvalue weighted by Gasteiger charge is -2.31. The first-order chi connectivity index (χ1) is 14.7. The quantitative estimate of drug-likeness (QED) is 0.743. The summed E-state index contributed by atoms with van der Waals surface area (Å²) in [6.07, 6.45) is -0.0288. The van der Waals surface area contributed by atoms with Crippen molar-refractivity contribution in [3.05, 3.63) is 33.5 Å². The Labute approximate surface area is 180 Å². The van der Waals surface area contributed by atoms with Crippen LogP contribution in [0.4, 0.5) is 13.2 Å². The van der Waals surface area contributed by atoms with Gasteiger partial charge < -0.3 is 10.0 Å². The number of carbonyl (C=O) groups excluding carboxylic acids is 1. The smallest absolute Gasteiger partial charge is 0.435 e. The normalized spacial score (nSPS) is 21.7. The van der Waals surface area contributed by atoms with Crippen LogP contribution in [-0.2, 0) is 35.3 Å². The standard InChI is InChI=1S/C20H23F3N4O3S/c21-20(22,23)18-15-5-6-26(10-16(15)27(25-18)9-14-8-24-11-31-14)17(28)7-12-1-3-13(4-2-12)19(29)30/h8,11-13H,1-7,9-10H2,(H,29,30). The summed E-state index contributed by atoms with van der Waals surface area (Å²) in [5, 5.41) is 13.0. The third-order valence-electron chi connectivity index (χ3n) is 6.21. The molecule has 0 atom stereocenters. The molecule has 1 aliphatic carbocycles. The SMILES string of the molecule is O=C(O)C1CCC(CC(=O)N2CCc3c(C(F)(F)F)nn(Cc4cncs4)c3C2)CC1. The van der Waals surface area contributed by atoms with Gasteiger partial charge in [-0.05, 0) is 38.0 Å². The predicted octanol–water partition coefficient (Wildman–Crippen LogP) is 3.57. The van der Waals surface area contributed by atoms with Gasteiger partial charge in [-0.25, -0.2) is 0 Å². The van der Waals surface area contributed by atoms with Crippen molar-refractivity contribution in [3.8, 4) is 0 Å². The van der Waals surface area contributed by atoms with Crippen molar-refractivity contribution in [2.75, 3.05) is 6.54 Å². The molecule has 7 nitrogen and oxygen atoms in total. The lowest BCUT2D eigenvalue weighted by Crippen LogP contribution is -2.38. The van der Waals surface area contributed by atoms with Crippen LogP contribution < -0.4 is 0 Å². The zero-order valence-corrected chi connectivity index (χ0v) is 17.6. The first-order valence-electron chi connectivity index (χ1n) is 10.3. The Kier molecular flexibility index (Phi) is 6.05. The molecule has 0 aromatic carbocycles. The van der Waals surface area contributed by atoms with Gasteiger partial charge >= 0.3 is 12.1 Å². The second-order valence-electron chi connectivity index (χ2n) is 8.22. The average Bonchev–Trinajstić information content (AvgIpc) is 3.36. The van der Waals surface area contributed by atoms with Crippen LogP contribution in [-0.4, -0.2) is 43.2 Å². The van der Waals surface area contributed by atoms with Crippen molar-refractivity contribution in [1.82, 2.24) is 19.7 Å². The highest BCUT2D eigenvalue weighted by atomic mass is 32.1. The lowest BCUT2D eigenvalue weighted by molar-refractivity contribution is -0.143. The first kappa shape index (κ1) is 21.8. The molecule has 1 aliphatic heterocycles. The third kappa shape index (κ3) is 4.76. The molecule has 1 N–H and O–H groups in total. The molecule has 1 fully saturated rings. The zero-order valence-electron chi connectivity index (χ0n) is 16.8. The minimum atomic E-state index is -4.54. The highest BCUT2D eigenvalue weighted by molar-refractivity contribution is 7.09. The Bertz CT molecular complexity index is 950. The topological polar surface area (TPSA) is 88.3 Å². The van der Waals surface area contributed by atoms with Gasteiger partial charge in [0.25, 0.3) is 0 Å². The number of alkyl halides is 3. The van der Waals surface area contributed by atoms with Crippen LogP contribution in [0.25, 0.3) is 0 Å². The van der Waals surface area contributed by atoms with E-state index in [4.69, 9.17) is 5.11 Å². The van der Waals surface area contributed by atoms with Crippen molar-refractivity contribution in [2.45, 2.75) is 57.8 Å². The summed E-state index contributed by atoms with van der Waals surface area (Å²) >= 11 is 1.34. The van der Waals surface area contributed by atoms with Crippen LogP contribution >= 0.6 is 11.3 Å². The molecule has 4 rings (SSSR count). The number of carbonyl (C=O) groups is 2. The highest BCUT2D eigenvalue weighted by Gasteiger charge is 2.41. The molecule has 0 radical (unpaired) electrons. The number of hydrogen-bond acceptors (Lipinski definition) is 5. The number of fused-ring (bicyclic) bond motifs is 1. The number of aliphatic carboxylic acids is 1. The summed E-state index contributed by atoms with van der Waals surface area (Å²) in [6.45, 7) is 0.510. The van der Waals surface area contributed by atoms with Crippen LogP contribution in [0.15, 0.2) is 11.7 Å². The van der Waals surface area contributed by atoms with E-state index in [1.165, 1.54) is 16.0 Å². The van der Waals surface area contributed by atoms with Gasteiger partial charge in [-0.1, -0.05) is 0 Å². The average molecular weight is 456 g/mol. The van der Waals surface area contributed by atoms with Gasteiger partial charge in [-0.15, -0.1) is 11.3 Å². The van der Waals surface area contributed by atoms with E-state index in [0.29, 0.717) is 37.8 Å². The van der Waals surface area contributed by atoms with Crippen molar-refractivity contribution in [3.63, 3.8) is 0 Å².